The summed E-state index contributed by atoms with van der Waals surface area (Å²) >= 11 is 0. The van der Waals surface area contributed by atoms with E-state index in [1.54, 1.807) is 42.4 Å². The van der Waals surface area contributed by atoms with Crippen molar-refractivity contribution in [2.24, 2.45) is 0 Å². The van der Waals surface area contributed by atoms with Gasteiger partial charge in [0.2, 0.25) is 0 Å². The number of anilines is 1. The summed E-state index contributed by atoms with van der Waals surface area (Å²) in [6, 6.07) is 10.8. The summed E-state index contributed by atoms with van der Waals surface area (Å²) in [7, 11) is 0. The molecule has 11 heteroatoms. The van der Waals surface area contributed by atoms with Gasteiger partial charge in [0.25, 0.3) is 0 Å². The molecule has 0 bridgehead atoms. The molecular formula is C26H27F3N4O4. The van der Waals surface area contributed by atoms with Crippen LogP contribution in [-0.2, 0) is 22.3 Å². The smallest absolute Gasteiger partial charge is 0.417 e. The number of nitrogens with zero attached hydrogens (tertiary/aromatic N) is 4. The van der Waals surface area contributed by atoms with Crippen molar-refractivity contribution in [3.63, 3.8) is 0 Å². The van der Waals surface area contributed by atoms with E-state index < -0.39 is 23.3 Å². The maximum Gasteiger partial charge on any atom is 0.417 e. The molecule has 0 spiro atoms. The molecule has 2 aromatic carbocycles. The Kier molecular flexibility index (Phi) is 6.04. The third kappa shape index (κ3) is 4.70. The second kappa shape index (κ2) is 8.97. The van der Waals surface area contributed by atoms with Gasteiger partial charge in [0.05, 0.1) is 22.0 Å². The van der Waals surface area contributed by atoms with E-state index in [1.807, 2.05) is 12.1 Å². The number of esters is 1. The van der Waals surface area contributed by atoms with Gasteiger partial charge in [-0.2, -0.15) is 13.2 Å². The Hall–Kier alpha value is -3.76. The lowest BCUT2D eigenvalue weighted by molar-refractivity contribution is -0.155. The molecule has 1 fully saturated rings. The second-order valence-electron chi connectivity index (χ2n) is 10.2. The molecule has 1 aliphatic heterocycles. The van der Waals surface area contributed by atoms with Crippen molar-refractivity contribution in [3.8, 4) is 0 Å². The zero-order valence-electron chi connectivity index (χ0n) is 20.7. The Morgan fingerprint density at radius 2 is 1.73 bits per heavy atom. The minimum atomic E-state index is -4.54. The number of halogens is 3. The van der Waals surface area contributed by atoms with Crippen LogP contribution in [0.5, 0.6) is 0 Å². The lowest BCUT2D eigenvalue weighted by Gasteiger charge is -2.32. The van der Waals surface area contributed by atoms with Gasteiger partial charge in [-0.1, -0.05) is 23.4 Å². The van der Waals surface area contributed by atoms with E-state index in [9.17, 15) is 22.8 Å². The van der Waals surface area contributed by atoms with Crippen LogP contribution in [-0.4, -0.2) is 39.0 Å². The highest BCUT2D eigenvalue weighted by molar-refractivity contribution is 5.92. The fraction of sp³-hybridized carbons (Fsp3) is 0.423. The highest BCUT2D eigenvalue weighted by Crippen LogP contribution is 2.40. The molecule has 1 saturated heterocycles. The highest BCUT2D eigenvalue weighted by Gasteiger charge is 2.36. The van der Waals surface area contributed by atoms with Crippen molar-refractivity contribution in [1.29, 1.82) is 0 Å². The number of hydrogen-bond donors (Lipinski definition) is 0. The number of benzene rings is 2. The van der Waals surface area contributed by atoms with E-state index >= 15 is 0 Å². The second-order valence-corrected chi connectivity index (χ2v) is 10.2. The predicted molar refractivity (Wildman–Crippen MR) is 132 cm³/mol. The summed E-state index contributed by atoms with van der Waals surface area (Å²) in [6.07, 6.45) is -3.53. The van der Waals surface area contributed by atoms with Crippen LogP contribution >= 0.6 is 0 Å². The monoisotopic (exact) mass is 516 g/mol. The van der Waals surface area contributed by atoms with Crippen LogP contribution in [0.25, 0.3) is 22.0 Å². The lowest BCUT2D eigenvalue weighted by atomic mass is 10.0. The van der Waals surface area contributed by atoms with Gasteiger partial charge in [-0.05, 0) is 57.9 Å². The van der Waals surface area contributed by atoms with E-state index in [4.69, 9.17) is 9.26 Å². The number of hydrogen-bond acceptors (Lipinski definition) is 6. The van der Waals surface area contributed by atoms with Crippen LogP contribution in [0.4, 0.5) is 19.0 Å². The van der Waals surface area contributed by atoms with Gasteiger partial charge in [-0.15, -0.1) is 0 Å². The summed E-state index contributed by atoms with van der Waals surface area (Å²) < 4.78 is 54.6. The van der Waals surface area contributed by atoms with Gasteiger partial charge < -0.3 is 14.2 Å². The molecule has 0 amide bonds. The molecule has 0 aliphatic carbocycles. The zero-order valence-corrected chi connectivity index (χ0v) is 20.7. The molecule has 196 valence electrons. The van der Waals surface area contributed by atoms with Gasteiger partial charge in [-0.25, -0.2) is 4.79 Å². The molecule has 1 aliphatic rings. The highest BCUT2D eigenvalue weighted by atomic mass is 19.4. The Morgan fingerprint density at radius 1 is 1.05 bits per heavy atom. The normalized spacial score (nSPS) is 15.6. The number of alkyl halides is 3. The summed E-state index contributed by atoms with van der Waals surface area (Å²) in [6.45, 7) is 5.85. The molecule has 0 N–H and O–H groups in total. The molecule has 2 aromatic heterocycles. The SMILES string of the molecule is CC(C)(C)OC(=O)Cn1c(=O)n(C2CCN(c3noc4cccc(C(F)(F)F)c34)CC2)c2ccccc21. The molecule has 8 nitrogen and oxygen atoms in total. The van der Waals surface area contributed by atoms with Crippen molar-refractivity contribution < 1.29 is 27.2 Å². The van der Waals surface area contributed by atoms with Crippen LogP contribution in [0, 0.1) is 0 Å². The average Bonchev–Trinajstić information content (AvgIpc) is 3.37. The Morgan fingerprint density at radius 3 is 2.38 bits per heavy atom. The maximum absolute atomic E-state index is 13.6. The van der Waals surface area contributed by atoms with E-state index in [2.05, 4.69) is 5.16 Å². The average molecular weight is 517 g/mol. The fourth-order valence-corrected chi connectivity index (χ4v) is 5.00. The van der Waals surface area contributed by atoms with Crippen molar-refractivity contribution in [3.05, 3.63) is 58.5 Å². The van der Waals surface area contributed by atoms with Gasteiger partial charge in [0.1, 0.15) is 12.1 Å². The van der Waals surface area contributed by atoms with E-state index in [1.165, 1.54) is 16.7 Å². The number of piperidine rings is 1. The minimum Gasteiger partial charge on any atom is -0.459 e. The number of ether oxygens (including phenoxy) is 1. The molecule has 0 saturated carbocycles. The van der Waals surface area contributed by atoms with Crippen LogP contribution in [0.1, 0.15) is 45.2 Å². The summed E-state index contributed by atoms with van der Waals surface area (Å²) in [4.78, 5) is 27.7. The van der Waals surface area contributed by atoms with E-state index in [0.717, 1.165) is 6.07 Å². The van der Waals surface area contributed by atoms with Gasteiger partial charge >= 0.3 is 17.8 Å². The van der Waals surface area contributed by atoms with Crippen LogP contribution < -0.4 is 10.6 Å². The third-order valence-electron chi connectivity index (χ3n) is 6.49. The molecule has 37 heavy (non-hydrogen) atoms. The quantitative estimate of drug-likeness (QED) is 0.349. The van der Waals surface area contributed by atoms with E-state index in [0.29, 0.717) is 37.0 Å². The first-order valence-electron chi connectivity index (χ1n) is 12.1. The first-order valence-corrected chi connectivity index (χ1v) is 12.1. The topological polar surface area (TPSA) is 82.5 Å². The van der Waals surface area contributed by atoms with Crippen molar-refractivity contribution >= 4 is 33.8 Å². The number of aromatic nitrogens is 3. The van der Waals surface area contributed by atoms with Crippen LogP contribution in [0.2, 0.25) is 0 Å². The number of carbonyl (C=O) groups excluding carboxylic acids is 1. The number of rotatable bonds is 4. The largest absolute Gasteiger partial charge is 0.459 e. The molecule has 4 aromatic rings. The maximum atomic E-state index is 13.6. The van der Waals surface area contributed by atoms with Crippen molar-refractivity contribution in [2.45, 2.75) is 58.0 Å². The van der Waals surface area contributed by atoms with Gasteiger partial charge in [0, 0.05) is 19.1 Å². The summed E-state index contributed by atoms with van der Waals surface area (Å²) in [5.41, 5.74) is -0.391. The van der Waals surface area contributed by atoms with E-state index in [-0.39, 0.29) is 35.1 Å². The molecule has 0 unspecified atom stereocenters. The van der Waals surface area contributed by atoms with Crippen molar-refractivity contribution in [2.75, 3.05) is 18.0 Å². The molecule has 0 atom stereocenters. The number of fused-ring (bicyclic) bond motifs is 2. The number of para-hydroxylation sites is 2. The third-order valence-corrected chi connectivity index (χ3v) is 6.49. The standard InChI is InChI=1S/C26H27F3N4O4/c1-25(2,3)36-21(34)15-32-18-8-4-5-9-19(18)33(24(32)35)16-11-13-31(14-12-16)23-22-17(26(27,28)29)7-6-10-20(22)37-30-23/h4-10,16H,11-15H2,1-3H3. The zero-order chi connectivity index (χ0) is 26.5. The lowest BCUT2D eigenvalue weighted by Crippen LogP contribution is -2.38. The number of carbonyl (C=O) groups is 1. The minimum absolute atomic E-state index is 0.0559. The molecule has 5 rings (SSSR count). The Bertz CT molecular complexity index is 1520. The summed E-state index contributed by atoms with van der Waals surface area (Å²) in [5.74, 6) is -0.355. The van der Waals surface area contributed by atoms with Crippen LogP contribution in [0.15, 0.2) is 51.8 Å². The van der Waals surface area contributed by atoms with Crippen molar-refractivity contribution in [1.82, 2.24) is 14.3 Å². The molecule has 0 radical (unpaired) electrons. The molecule has 3 heterocycles. The summed E-state index contributed by atoms with van der Waals surface area (Å²) in [5, 5.41) is 3.90. The van der Waals surface area contributed by atoms with Gasteiger partial charge in [0.15, 0.2) is 11.4 Å². The van der Waals surface area contributed by atoms with Crippen LogP contribution in [0.3, 0.4) is 0 Å². The first-order chi connectivity index (χ1) is 17.4. The number of imidazole rings is 1. The van der Waals surface area contributed by atoms with Gasteiger partial charge in [-0.3, -0.25) is 13.9 Å². The predicted octanol–water partition coefficient (Wildman–Crippen LogP) is 5.15. The molecular weight excluding hydrogens is 489 g/mol. The fourth-order valence-electron chi connectivity index (χ4n) is 5.00. The Balaban J connectivity index is 1.43. The first kappa shape index (κ1) is 24.9. The Labute approximate surface area is 210 Å².